The molecule has 2 heterocycles. The molecule has 0 saturated carbocycles. The van der Waals surface area contributed by atoms with E-state index >= 15 is 0 Å². The third-order valence-corrected chi connectivity index (χ3v) is 4.11. The summed E-state index contributed by atoms with van der Waals surface area (Å²) < 4.78 is 0. The van der Waals surface area contributed by atoms with E-state index in [0.29, 0.717) is 5.69 Å². The molecule has 2 rings (SSSR count). The fourth-order valence-corrected chi connectivity index (χ4v) is 2.85. The van der Waals surface area contributed by atoms with E-state index in [4.69, 9.17) is 0 Å². The molecule has 0 unspecified atom stereocenters. The largest absolute Gasteiger partial charge is 0.346 e. The number of aromatic nitrogens is 1. The summed E-state index contributed by atoms with van der Waals surface area (Å²) in [5, 5.41) is 2.82. The molecule has 1 saturated heterocycles. The quantitative estimate of drug-likeness (QED) is 0.819. The highest BCUT2D eigenvalue weighted by Gasteiger charge is 2.20. The van der Waals surface area contributed by atoms with Gasteiger partial charge in [-0.25, -0.2) is 4.98 Å². The summed E-state index contributed by atoms with van der Waals surface area (Å²) in [6.45, 7) is 7.44. The molecule has 0 aliphatic carbocycles. The highest BCUT2D eigenvalue weighted by atomic mass is 32.1. The van der Waals surface area contributed by atoms with Gasteiger partial charge in [-0.1, -0.05) is 6.92 Å². The summed E-state index contributed by atoms with van der Waals surface area (Å²) in [4.78, 5) is 22.5. The fraction of sp³-hybridized carbons (Fsp3) is 0.667. The molecule has 6 heteroatoms. The van der Waals surface area contributed by atoms with Crippen molar-refractivity contribution in [1.29, 1.82) is 0 Å². The van der Waals surface area contributed by atoms with Crippen LogP contribution in [0.1, 0.15) is 17.4 Å². The molecular formula is C12H20N4OS. The molecule has 1 aliphatic rings. The Hall–Kier alpha value is -1.14. The smallest absolute Gasteiger partial charge is 0.272 e. The first-order valence-corrected chi connectivity index (χ1v) is 7.14. The van der Waals surface area contributed by atoms with Gasteiger partial charge < -0.3 is 14.7 Å². The maximum atomic E-state index is 11.8. The predicted molar refractivity (Wildman–Crippen MR) is 74.5 cm³/mol. The summed E-state index contributed by atoms with van der Waals surface area (Å²) in [6, 6.07) is 0. The number of rotatable bonds is 3. The lowest BCUT2D eigenvalue weighted by molar-refractivity contribution is 0.0823. The zero-order chi connectivity index (χ0) is 13.1. The van der Waals surface area contributed by atoms with E-state index < -0.39 is 0 Å². The van der Waals surface area contributed by atoms with E-state index in [1.165, 1.54) is 0 Å². The van der Waals surface area contributed by atoms with Crippen molar-refractivity contribution in [3.8, 4) is 0 Å². The summed E-state index contributed by atoms with van der Waals surface area (Å²) in [7, 11) is 3.50. The Kier molecular flexibility index (Phi) is 4.19. The number of hydrogen-bond acceptors (Lipinski definition) is 5. The van der Waals surface area contributed by atoms with Crippen LogP contribution in [-0.2, 0) is 0 Å². The van der Waals surface area contributed by atoms with Gasteiger partial charge in [-0.05, 0) is 6.54 Å². The van der Waals surface area contributed by atoms with Crippen LogP contribution in [0.25, 0.3) is 0 Å². The second kappa shape index (κ2) is 5.67. The Morgan fingerprint density at radius 1 is 1.39 bits per heavy atom. The van der Waals surface area contributed by atoms with Crippen molar-refractivity contribution >= 4 is 22.4 Å². The molecule has 0 aromatic carbocycles. The van der Waals surface area contributed by atoms with Crippen molar-refractivity contribution < 1.29 is 4.79 Å². The lowest BCUT2D eigenvalue weighted by Crippen LogP contribution is -2.46. The maximum absolute atomic E-state index is 11.8. The van der Waals surface area contributed by atoms with Gasteiger partial charge in [-0.2, -0.15) is 0 Å². The molecule has 0 atom stereocenters. The van der Waals surface area contributed by atoms with Gasteiger partial charge >= 0.3 is 0 Å². The third kappa shape index (κ3) is 2.81. The first-order chi connectivity index (χ1) is 8.61. The number of carbonyl (C=O) groups excluding carboxylic acids is 1. The van der Waals surface area contributed by atoms with Crippen LogP contribution < -0.4 is 4.90 Å². The molecule has 5 nitrogen and oxygen atoms in total. The average Bonchev–Trinajstić information content (AvgIpc) is 2.87. The van der Waals surface area contributed by atoms with Crippen LogP contribution in [0, 0.1) is 0 Å². The molecule has 0 radical (unpaired) electrons. The molecule has 0 bridgehead atoms. The van der Waals surface area contributed by atoms with E-state index in [9.17, 15) is 4.79 Å². The molecule has 18 heavy (non-hydrogen) atoms. The van der Waals surface area contributed by atoms with Gasteiger partial charge in [0.15, 0.2) is 5.13 Å². The maximum Gasteiger partial charge on any atom is 0.272 e. The normalized spacial score (nSPS) is 16.9. The standard InChI is InChI=1S/C12H20N4OS/c1-4-15-5-7-16(8-6-15)12-13-10(9-18-12)11(17)14(2)3/h9H,4-8H2,1-3H3. The molecule has 1 aliphatic heterocycles. The summed E-state index contributed by atoms with van der Waals surface area (Å²) in [5.74, 6) is -0.0234. The van der Waals surface area contributed by atoms with Crippen LogP contribution in [-0.4, -0.2) is 67.5 Å². The Morgan fingerprint density at radius 3 is 2.61 bits per heavy atom. The van der Waals surface area contributed by atoms with Crippen molar-refractivity contribution in [2.24, 2.45) is 0 Å². The number of piperazine rings is 1. The Balaban J connectivity index is 2.00. The minimum Gasteiger partial charge on any atom is -0.346 e. The van der Waals surface area contributed by atoms with Crippen LogP contribution in [0.15, 0.2) is 5.38 Å². The van der Waals surface area contributed by atoms with E-state index in [1.54, 1.807) is 30.3 Å². The number of likely N-dealkylation sites (N-methyl/N-ethyl adjacent to an activating group) is 1. The van der Waals surface area contributed by atoms with Crippen LogP contribution in [0.5, 0.6) is 0 Å². The van der Waals surface area contributed by atoms with Gasteiger partial charge in [0.1, 0.15) is 5.69 Å². The Bertz CT molecular complexity index is 410. The molecule has 0 N–H and O–H groups in total. The first-order valence-electron chi connectivity index (χ1n) is 6.26. The van der Waals surface area contributed by atoms with Gasteiger partial charge in [0.25, 0.3) is 5.91 Å². The van der Waals surface area contributed by atoms with Gasteiger partial charge in [0.2, 0.25) is 0 Å². The average molecular weight is 268 g/mol. The number of thiazole rings is 1. The van der Waals surface area contributed by atoms with Crippen LogP contribution >= 0.6 is 11.3 Å². The van der Waals surface area contributed by atoms with E-state index in [-0.39, 0.29) is 5.91 Å². The molecule has 1 amide bonds. The van der Waals surface area contributed by atoms with Gasteiger partial charge in [0.05, 0.1) is 0 Å². The zero-order valence-electron chi connectivity index (χ0n) is 11.2. The molecule has 1 fully saturated rings. The lowest BCUT2D eigenvalue weighted by Gasteiger charge is -2.33. The highest BCUT2D eigenvalue weighted by Crippen LogP contribution is 2.22. The summed E-state index contributed by atoms with van der Waals surface area (Å²) in [6.07, 6.45) is 0. The number of carbonyl (C=O) groups is 1. The van der Waals surface area contributed by atoms with Crippen molar-refractivity contribution in [3.63, 3.8) is 0 Å². The third-order valence-electron chi connectivity index (χ3n) is 3.21. The molecule has 100 valence electrons. The molecule has 0 spiro atoms. The van der Waals surface area contributed by atoms with Crippen LogP contribution in [0.3, 0.4) is 0 Å². The number of anilines is 1. The second-order valence-corrected chi connectivity index (χ2v) is 5.47. The second-order valence-electron chi connectivity index (χ2n) is 4.64. The van der Waals surface area contributed by atoms with Crippen molar-refractivity contribution in [2.75, 3.05) is 51.7 Å². The zero-order valence-corrected chi connectivity index (χ0v) is 12.0. The van der Waals surface area contributed by atoms with Gasteiger partial charge in [-0.15, -0.1) is 11.3 Å². The number of amides is 1. The van der Waals surface area contributed by atoms with Crippen molar-refractivity contribution in [2.45, 2.75) is 6.92 Å². The number of nitrogens with zero attached hydrogens (tertiary/aromatic N) is 4. The minimum absolute atomic E-state index is 0.0234. The molecular weight excluding hydrogens is 248 g/mol. The fourth-order valence-electron chi connectivity index (χ4n) is 1.99. The van der Waals surface area contributed by atoms with Crippen LogP contribution in [0.4, 0.5) is 5.13 Å². The van der Waals surface area contributed by atoms with Gasteiger partial charge in [-0.3, -0.25) is 4.79 Å². The topological polar surface area (TPSA) is 39.7 Å². The lowest BCUT2D eigenvalue weighted by atomic mass is 10.3. The monoisotopic (exact) mass is 268 g/mol. The number of hydrogen-bond donors (Lipinski definition) is 0. The predicted octanol–water partition coefficient (Wildman–Crippen LogP) is 0.987. The Labute approximate surface area is 112 Å². The minimum atomic E-state index is -0.0234. The first kappa shape index (κ1) is 13.3. The van der Waals surface area contributed by atoms with E-state index in [0.717, 1.165) is 37.9 Å². The SMILES string of the molecule is CCN1CCN(c2nc(C(=O)N(C)C)cs2)CC1. The molecule has 1 aromatic heterocycles. The van der Waals surface area contributed by atoms with Crippen molar-refractivity contribution in [3.05, 3.63) is 11.1 Å². The highest BCUT2D eigenvalue weighted by molar-refractivity contribution is 7.13. The summed E-state index contributed by atoms with van der Waals surface area (Å²) in [5.41, 5.74) is 0.554. The van der Waals surface area contributed by atoms with E-state index in [1.807, 2.05) is 5.38 Å². The van der Waals surface area contributed by atoms with Crippen LogP contribution in [0.2, 0.25) is 0 Å². The Morgan fingerprint density at radius 2 is 2.06 bits per heavy atom. The van der Waals surface area contributed by atoms with Gasteiger partial charge in [0, 0.05) is 45.7 Å². The van der Waals surface area contributed by atoms with Crippen molar-refractivity contribution in [1.82, 2.24) is 14.8 Å². The summed E-state index contributed by atoms with van der Waals surface area (Å²) >= 11 is 1.56. The van der Waals surface area contributed by atoms with E-state index in [2.05, 4.69) is 21.7 Å². The molecule has 1 aromatic rings.